The second-order valence-corrected chi connectivity index (χ2v) is 6.16. The lowest BCUT2D eigenvalue weighted by molar-refractivity contribution is -0.137. The smallest absolute Gasteiger partial charge is 0.341 e. The SMILES string of the molecule is CC(=O)N1CCCN(C(=O)/C=C/c2ccc(Cl)c(C(F)(F)F)c2)CC1. The number of carbonyl (C=O) groups excluding carboxylic acids is 2. The lowest BCUT2D eigenvalue weighted by Gasteiger charge is -2.20. The first kappa shape index (κ1) is 19.3. The highest BCUT2D eigenvalue weighted by atomic mass is 35.5. The molecule has 2 amide bonds. The Bertz CT molecular complexity index is 689. The third kappa shape index (κ3) is 5.22. The molecule has 0 spiro atoms. The van der Waals surface area contributed by atoms with E-state index in [1.54, 1.807) is 9.80 Å². The molecule has 4 nitrogen and oxygen atoms in total. The molecule has 1 fully saturated rings. The molecule has 0 aromatic heterocycles. The van der Waals surface area contributed by atoms with E-state index in [-0.39, 0.29) is 22.4 Å². The van der Waals surface area contributed by atoms with Gasteiger partial charge in [0.2, 0.25) is 11.8 Å². The summed E-state index contributed by atoms with van der Waals surface area (Å²) < 4.78 is 38.5. The molecule has 25 heavy (non-hydrogen) atoms. The van der Waals surface area contributed by atoms with Crippen molar-refractivity contribution in [3.8, 4) is 0 Å². The van der Waals surface area contributed by atoms with Crippen molar-refractivity contribution in [3.05, 3.63) is 40.4 Å². The first-order valence-electron chi connectivity index (χ1n) is 7.78. The van der Waals surface area contributed by atoms with E-state index in [4.69, 9.17) is 11.6 Å². The van der Waals surface area contributed by atoms with Crippen LogP contribution in [0.2, 0.25) is 5.02 Å². The fraction of sp³-hybridized carbons (Fsp3) is 0.412. The van der Waals surface area contributed by atoms with Gasteiger partial charge in [-0.3, -0.25) is 9.59 Å². The highest BCUT2D eigenvalue weighted by Gasteiger charge is 2.33. The quantitative estimate of drug-likeness (QED) is 0.744. The molecular formula is C17H18ClF3N2O2. The van der Waals surface area contributed by atoms with Gasteiger partial charge in [0.05, 0.1) is 10.6 Å². The highest BCUT2D eigenvalue weighted by molar-refractivity contribution is 6.31. The van der Waals surface area contributed by atoms with Gasteiger partial charge in [0, 0.05) is 39.2 Å². The van der Waals surface area contributed by atoms with Gasteiger partial charge in [-0.2, -0.15) is 13.2 Å². The van der Waals surface area contributed by atoms with Crippen LogP contribution in [0.4, 0.5) is 13.2 Å². The zero-order valence-corrected chi connectivity index (χ0v) is 14.4. The first-order chi connectivity index (χ1) is 11.7. The molecule has 136 valence electrons. The fourth-order valence-corrected chi connectivity index (χ4v) is 2.81. The van der Waals surface area contributed by atoms with Crippen molar-refractivity contribution in [1.29, 1.82) is 0 Å². The Kier molecular flexibility index (Phi) is 6.11. The minimum atomic E-state index is -4.55. The summed E-state index contributed by atoms with van der Waals surface area (Å²) in [5.41, 5.74) is -0.694. The van der Waals surface area contributed by atoms with Crippen LogP contribution < -0.4 is 0 Å². The zero-order chi connectivity index (χ0) is 18.6. The number of benzene rings is 1. The third-order valence-corrected chi connectivity index (χ3v) is 4.30. The number of rotatable bonds is 2. The van der Waals surface area contributed by atoms with Gasteiger partial charge in [-0.25, -0.2) is 0 Å². The Balaban J connectivity index is 2.06. The highest BCUT2D eigenvalue weighted by Crippen LogP contribution is 2.35. The van der Waals surface area contributed by atoms with Crippen molar-refractivity contribution in [1.82, 2.24) is 9.80 Å². The van der Waals surface area contributed by atoms with Crippen LogP contribution in [0.25, 0.3) is 6.08 Å². The number of carbonyl (C=O) groups is 2. The Morgan fingerprint density at radius 3 is 2.40 bits per heavy atom. The molecule has 0 unspecified atom stereocenters. The van der Waals surface area contributed by atoms with E-state index in [0.29, 0.717) is 32.6 Å². The van der Waals surface area contributed by atoms with Crippen LogP contribution in [-0.2, 0) is 15.8 Å². The molecular weight excluding hydrogens is 357 g/mol. The van der Waals surface area contributed by atoms with Crippen LogP contribution in [-0.4, -0.2) is 47.8 Å². The van der Waals surface area contributed by atoms with Gasteiger partial charge in [0.25, 0.3) is 0 Å². The largest absolute Gasteiger partial charge is 0.417 e. The maximum Gasteiger partial charge on any atom is 0.417 e. The molecule has 1 aliphatic heterocycles. The Morgan fingerprint density at radius 1 is 1.12 bits per heavy atom. The molecule has 1 aliphatic rings. The van der Waals surface area contributed by atoms with Crippen molar-refractivity contribution in [3.63, 3.8) is 0 Å². The maximum absolute atomic E-state index is 12.8. The molecule has 8 heteroatoms. The van der Waals surface area contributed by atoms with Gasteiger partial charge in [-0.15, -0.1) is 0 Å². The normalized spacial score (nSPS) is 16.2. The Morgan fingerprint density at radius 2 is 1.76 bits per heavy atom. The number of nitrogens with zero attached hydrogens (tertiary/aromatic N) is 2. The van der Waals surface area contributed by atoms with Crippen molar-refractivity contribution in [2.45, 2.75) is 19.5 Å². The van der Waals surface area contributed by atoms with Gasteiger partial charge >= 0.3 is 6.18 Å². The van der Waals surface area contributed by atoms with Crippen molar-refractivity contribution in [2.24, 2.45) is 0 Å². The summed E-state index contributed by atoms with van der Waals surface area (Å²) in [5, 5.41) is -0.382. The van der Waals surface area contributed by atoms with Crippen LogP contribution in [0, 0.1) is 0 Å². The van der Waals surface area contributed by atoms with E-state index in [1.807, 2.05) is 0 Å². The van der Waals surface area contributed by atoms with E-state index in [2.05, 4.69) is 0 Å². The average Bonchev–Trinajstić information content (AvgIpc) is 2.79. The van der Waals surface area contributed by atoms with E-state index >= 15 is 0 Å². The average molecular weight is 375 g/mol. The van der Waals surface area contributed by atoms with Crippen LogP contribution in [0.3, 0.4) is 0 Å². The fourth-order valence-electron chi connectivity index (χ4n) is 2.59. The van der Waals surface area contributed by atoms with Crippen molar-refractivity contribution < 1.29 is 22.8 Å². The number of hydrogen-bond donors (Lipinski definition) is 0. The summed E-state index contributed by atoms with van der Waals surface area (Å²) >= 11 is 5.57. The molecule has 1 saturated heterocycles. The van der Waals surface area contributed by atoms with Crippen molar-refractivity contribution >= 4 is 29.5 Å². The third-order valence-electron chi connectivity index (χ3n) is 3.97. The minimum absolute atomic E-state index is 0.0364. The van der Waals surface area contributed by atoms with Gasteiger partial charge in [0.15, 0.2) is 0 Å². The minimum Gasteiger partial charge on any atom is -0.341 e. The lowest BCUT2D eigenvalue weighted by atomic mass is 10.1. The monoisotopic (exact) mass is 374 g/mol. The number of alkyl halides is 3. The molecule has 1 aromatic rings. The van der Waals surface area contributed by atoms with E-state index in [0.717, 1.165) is 12.1 Å². The summed E-state index contributed by atoms with van der Waals surface area (Å²) in [6.07, 6.45) is -1.31. The molecule has 0 N–H and O–H groups in total. The van der Waals surface area contributed by atoms with Crippen molar-refractivity contribution in [2.75, 3.05) is 26.2 Å². The first-order valence-corrected chi connectivity index (χ1v) is 8.15. The van der Waals surface area contributed by atoms with E-state index < -0.39 is 11.7 Å². The molecule has 0 saturated carbocycles. The molecule has 2 rings (SSSR count). The van der Waals surface area contributed by atoms with E-state index in [9.17, 15) is 22.8 Å². The summed E-state index contributed by atoms with van der Waals surface area (Å²) in [6.45, 7) is 3.43. The van der Waals surface area contributed by atoms with Crippen LogP contribution in [0.5, 0.6) is 0 Å². The Hall–Kier alpha value is -2.02. The van der Waals surface area contributed by atoms with Crippen LogP contribution >= 0.6 is 11.6 Å². The number of amides is 2. The molecule has 0 bridgehead atoms. The molecule has 0 aliphatic carbocycles. The zero-order valence-electron chi connectivity index (χ0n) is 13.6. The van der Waals surface area contributed by atoms with Gasteiger partial charge < -0.3 is 9.80 Å². The summed E-state index contributed by atoms with van der Waals surface area (Å²) in [6, 6.07) is 3.48. The Labute approximate surface area is 148 Å². The predicted molar refractivity (Wildman–Crippen MR) is 88.9 cm³/mol. The van der Waals surface area contributed by atoms with Crippen LogP contribution in [0.15, 0.2) is 24.3 Å². The number of hydrogen-bond acceptors (Lipinski definition) is 2. The van der Waals surface area contributed by atoms with E-state index in [1.165, 1.54) is 25.1 Å². The topological polar surface area (TPSA) is 40.6 Å². The summed E-state index contributed by atoms with van der Waals surface area (Å²) in [4.78, 5) is 26.9. The lowest BCUT2D eigenvalue weighted by Crippen LogP contribution is -2.35. The predicted octanol–water partition coefficient (Wildman–Crippen LogP) is 3.45. The summed E-state index contributed by atoms with van der Waals surface area (Å²) in [5.74, 6) is -0.334. The maximum atomic E-state index is 12.8. The standard InChI is InChI=1S/C17H18ClF3N2O2/c1-12(24)22-7-2-8-23(10-9-22)16(25)6-4-13-3-5-15(18)14(11-13)17(19,20)21/h3-6,11H,2,7-10H2,1H3/b6-4+. The van der Waals surface area contributed by atoms with Gasteiger partial charge in [-0.05, 0) is 30.2 Å². The number of halogens is 4. The summed E-state index contributed by atoms with van der Waals surface area (Å²) in [7, 11) is 0. The molecule has 0 atom stereocenters. The molecule has 1 heterocycles. The van der Waals surface area contributed by atoms with Gasteiger partial charge in [-0.1, -0.05) is 17.7 Å². The second-order valence-electron chi connectivity index (χ2n) is 5.76. The molecule has 1 aromatic carbocycles. The molecule has 0 radical (unpaired) electrons. The second kappa shape index (κ2) is 7.91. The van der Waals surface area contributed by atoms with Gasteiger partial charge in [0.1, 0.15) is 0 Å². The van der Waals surface area contributed by atoms with Crippen LogP contribution in [0.1, 0.15) is 24.5 Å².